The summed E-state index contributed by atoms with van der Waals surface area (Å²) in [5.41, 5.74) is 1.57. The van der Waals surface area contributed by atoms with Crippen LogP contribution < -0.4 is 19.8 Å². The van der Waals surface area contributed by atoms with E-state index in [1.165, 1.54) is 0 Å². The van der Waals surface area contributed by atoms with E-state index in [4.69, 9.17) is 14.2 Å². The van der Waals surface area contributed by atoms with Gasteiger partial charge < -0.3 is 14.2 Å². The van der Waals surface area contributed by atoms with Crippen LogP contribution in [0.15, 0.2) is 57.5 Å². The van der Waals surface area contributed by atoms with Crippen molar-refractivity contribution in [1.82, 2.24) is 10.2 Å². The smallest absolute Gasteiger partial charge is 0.292 e. The van der Waals surface area contributed by atoms with Crippen molar-refractivity contribution in [3.63, 3.8) is 0 Å². The molecule has 2 heterocycles. The third-order valence-electron chi connectivity index (χ3n) is 3.75. The van der Waals surface area contributed by atoms with Crippen molar-refractivity contribution >= 4 is 11.4 Å². The van der Waals surface area contributed by atoms with Gasteiger partial charge in [-0.05, 0) is 24.3 Å². The Labute approximate surface area is 142 Å². The molecule has 0 atom stereocenters. The summed E-state index contributed by atoms with van der Waals surface area (Å²) in [6.07, 6.45) is 0. The quantitative estimate of drug-likeness (QED) is 0.711. The Kier molecular flexibility index (Phi) is 3.70. The standard InChI is InChI=1S/C17H14N4O4/c1-23-12-5-3-2-4-11(12)15-16(17(22)21-19-15)20-18-10-6-7-13-14(8-10)25-9-24-13/h2-8H,9H2,1H3,(H2,19,21,22). The van der Waals surface area contributed by atoms with E-state index in [0.717, 1.165) is 0 Å². The zero-order valence-electron chi connectivity index (χ0n) is 13.3. The number of H-pyrrole nitrogens is 2. The highest BCUT2D eigenvalue weighted by Crippen LogP contribution is 2.37. The second-order valence-electron chi connectivity index (χ2n) is 5.24. The third kappa shape index (κ3) is 2.74. The van der Waals surface area contributed by atoms with Crippen LogP contribution in [0.25, 0.3) is 11.3 Å². The fourth-order valence-corrected chi connectivity index (χ4v) is 2.55. The van der Waals surface area contributed by atoms with Gasteiger partial charge in [0.05, 0.1) is 18.5 Å². The average Bonchev–Trinajstić information content (AvgIpc) is 3.25. The number of benzene rings is 2. The van der Waals surface area contributed by atoms with Gasteiger partial charge in [-0.2, -0.15) is 5.11 Å². The van der Waals surface area contributed by atoms with E-state index in [1.807, 2.05) is 18.2 Å². The number of fused-ring (bicyclic) bond motifs is 1. The van der Waals surface area contributed by atoms with Gasteiger partial charge in [-0.3, -0.25) is 15.0 Å². The Bertz CT molecular complexity index is 1010. The number of rotatable bonds is 4. The number of nitrogens with one attached hydrogen (secondary N) is 2. The Morgan fingerprint density at radius 2 is 1.88 bits per heavy atom. The maximum atomic E-state index is 12.1. The molecule has 8 heteroatoms. The molecule has 3 aromatic rings. The summed E-state index contributed by atoms with van der Waals surface area (Å²) >= 11 is 0. The lowest BCUT2D eigenvalue weighted by atomic mass is 10.1. The first-order chi connectivity index (χ1) is 12.3. The molecule has 0 fully saturated rings. The molecule has 0 amide bonds. The van der Waals surface area contributed by atoms with E-state index < -0.39 is 0 Å². The number of aromatic amines is 2. The summed E-state index contributed by atoms with van der Waals surface area (Å²) in [6, 6.07) is 12.5. The fourth-order valence-electron chi connectivity index (χ4n) is 2.55. The first kappa shape index (κ1) is 15.0. The SMILES string of the molecule is COc1ccccc1-c1[nH][nH]c(=O)c1N=Nc1ccc2c(c1)OCO2. The zero-order chi connectivity index (χ0) is 17.2. The molecule has 0 saturated heterocycles. The van der Waals surface area contributed by atoms with E-state index in [0.29, 0.717) is 34.2 Å². The van der Waals surface area contributed by atoms with E-state index >= 15 is 0 Å². The van der Waals surface area contributed by atoms with Gasteiger partial charge in [0.15, 0.2) is 17.2 Å². The zero-order valence-corrected chi connectivity index (χ0v) is 13.3. The summed E-state index contributed by atoms with van der Waals surface area (Å²) in [5.74, 6) is 1.88. The topological polar surface area (TPSA) is 101 Å². The molecule has 1 aliphatic heterocycles. The molecule has 1 aliphatic rings. The number of ether oxygens (including phenoxy) is 3. The number of methoxy groups -OCH3 is 1. The summed E-state index contributed by atoms with van der Waals surface area (Å²) in [4.78, 5) is 12.1. The molecule has 2 N–H and O–H groups in total. The molecule has 0 radical (unpaired) electrons. The minimum atomic E-state index is -0.370. The Balaban J connectivity index is 1.72. The largest absolute Gasteiger partial charge is 0.496 e. The average molecular weight is 338 g/mol. The Hall–Kier alpha value is -3.55. The summed E-state index contributed by atoms with van der Waals surface area (Å²) in [6.45, 7) is 0.186. The molecular weight excluding hydrogens is 324 g/mol. The molecule has 0 saturated carbocycles. The number of aromatic nitrogens is 2. The number of nitrogens with zero attached hydrogens (tertiary/aromatic N) is 2. The summed E-state index contributed by atoms with van der Waals surface area (Å²) in [7, 11) is 1.57. The molecule has 0 spiro atoms. The lowest BCUT2D eigenvalue weighted by Crippen LogP contribution is -1.96. The van der Waals surface area contributed by atoms with Crippen molar-refractivity contribution in [2.75, 3.05) is 13.9 Å². The molecule has 8 nitrogen and oxygen atoms in total. The predicted octanol–water partition coefficient (Wildman–Crippen LogP) is 3.52. The van der Waals surface area contributed by atoms with Crippen molar-refractivity contribution in [1.29, 1.82) is 0 Å². The van der Waals surface area contributed by atoms with Crippen LogP contribution in [-0.4, -0.2) is 24.1 Å². The van der Waals surface area contributed by atoms with Gasteiger partial charge in [0, 0.05) is 11.6 Å². The van der Waals surface area contributed by atoms with Gasteiger partial charge in [-0.1, -0.05) is 12.1 Å². The minimum Gasteiger partial charge on any atom is -0.496 e. The lowest BCUT2D eigenvalue weighted by molar-refractivity contribution is 0.174. The van der Waals surface area contributed by atoms with Crippen molar-refractivity contribution in [2.45, 2.75) is 0 Å². The van der Waals surface area contributed by atoms with Gasteiger partial charge >= 0.3 is 0 Å². The minimum absolute atomic E-state index is 0.169. The monoisotopic (exact) mass is 338 g/mol. The van der Waals surface area contributed by atoms with Crippen molar-refractivity contribution in [3.8, 4) is 28.5 Å². The molecule has 126 valence electrons. The first-order valence-electron chi connectivity index (χ1n) is 7.51. The second-order valence-corrected chi connectivity index (χ2v) is 5.24. The van der Waals surface area contributed by atoms with Crippen molar-refractivity contribution in [3.05, 3.63) is 52.8 Å². The van der Waals surface area contributed by atoms with Crippen LogP contribution >= 0.6 is 0 Å². The van der Waals surface area contributed by atoms with Crippen molar-refractivity contribution in [2.24, 2.45) is 10.2 Å². The molecule has 0 unspecified atom stereocenters. The van der Waals surface area contributed by atoms with Crippen LogP contribution in [0, 0.1) is 0 Å². The van der Waals surface area contributed by atoms with E-state index in [1.54, 1.807) is 31.4 Å². The van der Waals surface area contributed by atoms with Crippen LogP contribution in [0.2, 0.25) is 0 Å². The molecule has 0 bridgehead atoms. The molecule has 0 aliphatic carbocycles. The van der Waals surface area contributed by atoms with Crippen LogP contribution in [0.1, 0.15) is 0 Å². The number of azo groups is 1. The number of hydrogen-bond acceptors (Lipinski definition) is 6. The highest BCUT2D eigenvalue weighted by Gasteiger charge is 2.16. The van der Waals surface area contributed by atoms with Gasteiger partial charge in [0.2, 0.25) is 6.79 Å². The molecule has 1 aromatic heterocycles. The maximum Gasteiger partial charge on any atom is 0.292 e. The van der Waals surface area contributed by atoms with Gasteiger partial charge in [0.1, 0.15) is 5.75 Å². The number of para-hydroxylation sites is 1. The van der Waals surface area contributed by atoms with E-state index in [-0.39, 0.29) is 18.0 Å². The third-order valence-corrected chi connectivity index (χ3v) is 3.75. The summed E-state index contributed by atoms with van der Waals surface area (Å²) in [5, 5.41) is 13.6. The lowest BCUT2D eigenvalue weighted by Gasteiger charge is -2.06. The normalized spacial score (nSPS) is 12.7. The van der Waals surface area contributed by atoms with Gasteiger partial charge in [0.25, 0.3) is 5.56 Å². The first-order valence-corrected chi connectivity index (χ1v) is 7.51. The molecule has 25 heavy (non-hydrogen) atoms. The maximum absolute atomic E-state index is 12.1. The van der Waals surface area contributed by atoms with Crippen LogP contribution in [0.5, 0.6) is 17.2 Å². The van der Waals surface area contributed by atoms with Gasteiger partial charge in [-0.15, -0.1) is 5.11 Å². The fraction of sp³-hybridized carbons (Fsp3) is 0.118. The van der Waals surface area contributed by atoms with E-state index in [9.17, 15) is 4.79 Å². The van der Waals surface area contributed by atoms with Crippen LogP contribution in [0.3, 0.4) is 0 Å². The highest BCUT2D eigenvalue weighted by atomic mass is 16.7. The predicted molar refractivity (Wildman–Crippen MR) is 90.1 cm³/mol. The second kappa shape index (κ2) is 6.16. The van der Waals surface area contributed by atoms with Gasteiger partial charge in [-0.25, -0.2) is 0 Å². The Morgan fingerprint density at radius 3 is 2.76 bits per heavy atom. The highest BCUT2D eigenvalue weighted by molar-refractivity contribution is 5.76. The Morgan fingerprint density at radius 1 is 1.04 bits per heavy atom. The van der Waals surface area contributed by atoms with Crippen LogP contribution in [0.4, 0.5) is 11.4 Å². The molecule has 2 aromatic carbocycles. The summed E-state index contributed by atoms with van der Waals surface area (Å²) < 4.78 is 15.9. The molecule has 4 rings (SSSR count). The van der Waals surface area contributed by atoms with Crippen molar-refractivity contribution < 1.29 is 14.2 Å². The molecular formula is C17H14N4O4. The number of hydrogen-bond donors (Lipinski definition) is 2. The van der Waals surface area contributed by atoms with Crippen LogP contribution in [-0.2, 0) is 0 Å². The van der Waals surface area contributed by atoms with E-state index in [2.05, 4.69) is 20.4 Å².